The van der Waals surface area contributed by atoms with Crippen LogP contribution < -0.4 is 5.32 Å². The van der Waals surface area contributed by atoms with Gasteiger partial charge in [-0.05, 0) is 44.2 Å². The van der Waals surface area contributed by atoms with E-state index in [9.17, 15) is 0 Å². The van der Waals surface area contributed by atoms with Gasteiger partial charge in [-0.2, -0.15) is 0 Å². The van der Waals surface area contributed by atoms with Crippen LogP contribution in [0.2, 0.25) is 0 Å². The fourth-order valence-corrected chi connectivity index (χ4v) is 4.26. The van der Waals surface area contributed by atoms with Gasteiger partial charge in [-0.1, -0.05) is 13.8 Å². The van der Waals surface area contributed by atoms with E-state index in [-0.39, 0.29) is 24.0 Å². The van der Waals surface area contributed by atoms with Crippen molar-refractivity contribution < 1.29 is 0 Å². The van der Waals surface area contributed by atoms with E-state index in [1.165, 1.54) is 38.9 Å². The van der Waals surface area contributed by atoms with Crippen LogP contribution >= 0.6 is 24.0 Å². The molecule has 2 saturated heterocycles. The molecule has 2 aliphatic rings. The normalized spacial score (nSPS) is 27.4. The van der Waals surface area contributed by atoms with E-state index in [1.807, 2.05) is 19.6 Å². The number of nitrogens with one attached hydrogen (secondary N) is 1. The van der Waals surface area contributed by atoms with Gasteiger partial charge in [0.25, 0.3) is 0 Å². The zero-order valence-corrected chi connectivity index (χ0v) is 18.8. The predicted molar refractivity (Wildman–Crippen MR) is 118 cm³/mol. The molecule has 1 aromatic rings. The predicted octanol–water partition coefficient (Wildman–Crippen LogP) is 2.69. The second-order valence-electron chi connectivity index (χ2n) is 7.67. The Morgan fingerprint density at radius 1 is 1.27 bits per heavy atom. The summed E-state index contributed by atoms with van der Waals surface area (Å²) < 4.78 is 2.25. The maximum Gasteiger partial charge on any atom is 0.193 e. The third kappa shape index (κ3) is 5.34. The maximum atomic E-state index is 4.56. The molecule has 2 fully saturated rings. The van der Waals surface area contributed by atoms with Gasteiger partial charge in [-0.3, -0.25) is 4.99 Å². The molecule has 0 amide bonds. The fraction of sp³-hybridized carbons (Fsp3) is 0.789. The number of halogens is 1. The summed E-state index contributed by atoms with van der Waals surface area (Å²) in [6.07, 6.45) is 9.66. The summed E-state index contributed by atoms with van der Waals surface area (Å²) in [4.78, 5) is 13.8. The molecule has 148 valence electrons. The van der Waals surface area contributed by atoms with E-state index in [2.05, 4.69) is 49.7 Å². The number of likely N-dealkylation sites (tertiary alicyclic amines) is 2. The molecule has 3 heterocycles. The SMILES string of the molecule is CCCN1CCC(CNC(=NC)N2CCC(C)C(n3ccnc3)C2)C1.I. The van der Waals surface area contributed by atoms with Crippen LogP contribution in [0.5, 0.6) is 0 Å². The number of rotatable bonds is 5. The standard InChI is InChI=1S/C19H34N6.HI/c1-4-8-23-9-6-17(13-23)12-22-19(20-3)24-10-5-16(2)18(14-24)25-11-7-21-15-25;/h7,11,15-18H,4-6,8-10,12-14H2,1-3H3,(H,20,22);1H. The molecule has 1 N–H and O–H groups in total. The summed E-state index contributed by atoms with van der Waals surface area (Å²) in [7, 11) is 1.91. The summed E-state index contributed by atoms with van der Waals surface area (Å²) >= 11 is 0. The minimum Gasteiger partial charge on any atom is -0.356 e. The molecule has 0 aliphatic carbocycles. The Hall–Kier alpha value is -0.830. The molecule has 6 nitrogen and oxygen atoms in total. The lowest BCUT2D eigenvalue weighted by molar-refractivity contribution is 0.188. The minimum absolute atomic E-state index is 0. The van der Waals surface area contributed by atoms with Crippen LogP contribution in [0.15, 0.2) is 23.7 Å². The van der Waals surface area contributed by atoms with Crippen molar-refractivity contribution in [3.8, 4) is 0 Å². The van der Waals surface area contributed by atoms with Crippen molar-refractivity contribution in [2.45, 2.75) is 39.2 Å². The number of nitrogens with zero attached hydrogens (tertiary/aromatic N) is 5. The van der Waals surface area contributed by atoms with Crippen molar-refractivity contribution in [1.29, 1.82) is 0 Å². The zero-order chi connectivity index (χ0) is 17.6. The van der Waals surface area contributed by atoms with Crippen LogP contribution in [-0.2, 0) is 0 Å². The lowest BCUT2D eigenvalue weighted by Crippen LogP contribution is -2.49. The van der Waals surface area contributed by atoms with Gasteiger partial charge >= 0.3 is 0 Å². The third-order valence-electron chi connectivity index (χ3n) is 5.80. The number of hydrogen-bond donors (Lipinski definition) is 1. The molecule has 0 aromatic carbocycles. The summed E-state index contributed by atoms with van der Waals surface area (Å²) in [6, 6.07) is 0.473. The molecule has 0 spiro atoms. The molecule has 0 bridgehead atoms. The maximum absolute atomic E-state index is 4.56. The second kappa shape index (κ2) is 10.5. The Labute approximate surface area is 175 Å². The van der Waals surface area contributed by atoms with Gasteiger partial charge in [-0.25, -0.2) is 4.98 Å². The monoisotopic (exact) mass is 474 g/mol. The number of piperidine rings is 1. The molecule has 3 unspecified atom stereocenters. The second-order valence-corrected chi connectivity index (χ2v) is 7.67. The first-order chi connectivity index (χ1) is 12.2. The first-order valence-electron chi connectivity index (χ1n) is 9.86. The Bertz CT molecular complexity index is 546. The van der Waals surface area contributed by atoms with Crippen molar-refractivity contribution in [1.82, 2.24) is 24.7 Å². The van der Waals surface area contributed by atoms with E-state index in [1.54, 1.807) is 0 Å². The van der Waals surface area contributed by atoms with Crippen molar-refractivity contribution in [3.05, 3.63) is 18.7 Å². The summed E-state index contributed by atoms with van der Waals surface area (Å²) in [5.74, 6) is 2.48. The molecule has 2 aliphatic heterocycles. The molecule has 7 heteroatoms. The Morgan fingerprint density at radius 2 is 2.12 bits per heavy atom. The van der Waals surface area contributed by atoms with Gasteiger partial charge in [0.05, 0.1) is 12.4 Å². The highest BCUT2D eigenvalue weighted by atomic mass is 127. The van der Waals surface area contributed by atoms with E-state index < -0.39 is 0 Å². The molecule has 0 saturated carbocycles. The molecule has 1 aromatic heterocycles. The number of hydrogen-bond acceptors (Lipinski definition) is 3. The largest absolute Gasteiger partial charge is 0.356 e. The lowest BCUT2D eigenvalue weighted by atomic mass is 9.93. The van der Waals surface area contributed by atoms with Gasteiger partial charge in [0.15, 0.2) is 5.96 Å². The molecule has 0 radical (unpaired) electrons. The van der Waals surface area contributed by atoms with Crippen molar-refractivity contribution >= 4 is 29.9 Å². The van der Waals surface area contributed by atoms with Gasteiger partial charge in [-0.15, -0.1) is 24.0 Å². The van der Waals surface area contributed by atoms with Crippen molar-refractivity contribution in [2.24, 2.45) is 16.8 Å². The summed E-state index contributed by atoms with van der Waals surface area (Å²) in [5.41, 5.74) is 0. The Kier molecular flexibility index (Phi) is 8.66. The van der Waals surface area contributed by atoms with Crippen LogP contribution in [0, 0.1) is 11.8 Å². The average molecular weight is 474 g/mol. The molecular weight excluding hydrogens is 439 g/mol. The highest BCUT2D eigenvalue weighted by Crippen LogP contribution is 2.27. The van der Waals surface area contributed by atoms with Crippen LogP contribution in [0.4, 0.5) is 0 Å². The Morgan fingerprint density at radius 3 is 2.81 bits per heavy atom. The highest BCUT2D eigenvalue weighted by molar-refractivity contribution is 14.0. The number of aromatic nitrogens is 2. The highest BCUT2D eigenvalue weighted by Gasteiger charge is 2.29. The van der Waals surface area contributed by atoms with Crippen LogP contribution in [0.25, 0.3) is 0 Å². The Balaban J connectivity index is 0.00000243. The van der Waals surface area contributed by atoms with E-state index in [4.69, 9.17) is 0 Å². The first kappa shape index (κ1) is 21.5. The van der Waals surface area contributed by atoms with Crippen LogP contribution in [-0.4, -0.2) is 71.6 Å². The topological polar surface area (TPSA) is 48.7 Å². The molecular formula is C19H35IN6. The fourth-order valence-electron chi connectivity index (χ4n) is 4.26. The van der Waals surface area contributed by atoms with Gasteiger partial charge < -0.3 is 19.7 Å². The molecule has 26 heavy (non-hydrogen) atoms. The summed E-state index contributed by atoms with van der Waals surface area (Å²) in [5, 5.41) is 3.65. The van der Waals surface area contributed by atoms with Gasteiger partial charge in [0.2, 0.25) is 0 Å². The lowest BCUT2D eigenvalue weighted by Gasteiger charge is -2.39. The average Bonchev–Trinajstić information content (AvgIpc) is 3.29. The first-order valence-corrected chi connectivity index (χ1v) is 9.86. The molecule has 3 atom stereocenters. The van der Waals surface area contributed by atoms with Crippen molar-refractivity contribution in [3.63, 3.8) is 0 Å². The van der Waals surface area contributed by atoms with E-state index in [0.717, 1.165) is 31.5 Å². The van der Waals surface area contributed by atoms with Gasteiger partial charge in [0.1, 0.15) is 0 Å². The number of aliphatic imine (C=N–C) groups is 1. The third-order valence-corrected chi connectivity index (χ3v) is 5.80. The number of guanidine groups is 1. The minimum atomic E-state index is 0. The number of imidazole rings is 1. The van der Waals surface area contributed by atoms with Crippen LogP contribution in [0.3, 0.4) is 0 Å². The zero-order valence-electron chi connectivity index (χ0n) is 16.5. The van der Waals surface area contributed by atoms with Gasteiger partial charge in [0, 0.05) is 45.6 Å². The summed E-state index contributed by atoms with van der Waals surface area (Å²) in [6.45, 7) is 11.5. The van der Waals surface area contributed by atoms with E-state index >= 15 is 0 Å². The van der Waals surface area contributed by atoms with E-state index in [0.29, 0.717) is 12.0 Å². The van der Waals surface area contributed by atoms with Crippen molar-refractivity contribution in [2.75, 3.05) is 46.3 Å². The smallest absolute Gasteiger partial charge is 0.193 e. The van der Waals surface area contributed by atoms with Crippen LogP contribution in [0.1, 0.15) is 39.2 Å². The quantitative estimate of drug-likeness (QED) is 0.405. The molecule has 3 rings (SSSR count).